The standard InChI is InChI=1S/C7H10.HI/c1-4-5-6-7(2)3;/h4-6H,1-2H2,3H3;1H/b6-5-;. The summed E-state index contributed by atoms with van der Waals surface area (Å²) < 4.78 is 0. The van der Waals surface area contributed by atoms with Gasteiger partial charge in [0.25, 0.3) is 0 Å². The molecule has 0 amide bonds. The van der Waals surface area contributed by atoms with Crippen LogP contribution in [-0.2, 0) is 0 Å². The van der Waals surface area contributed by atoms with Crippen LogP contribution in [-0.4, -0.2) is 0 Å². The highest BCUT2D eigenvalue weighted by Crippen LogP contribution is 1.86. The summed E-state index contributed by atoms with van der Waals surface area (Å²) in [5.74, 6) is 0. The molecule has 0 aromatic heterocycles. The number of hydrogen-bond acceptors (Lipinski definition) is 0. The van der Waals surface area contributed by atoms with E-state index in [1.807, 2.05) is 19.1 Å². The summed E-state index contributed by atoms with van der Waals surface area (Å²) in [7, 11) is 0. The molecular formula is C7H11I. The van der Waals surface area contributed by atoms with Gasteiger partial charge in [0.2, 0.25) is 0 Å². The monoisotopic (exact) mass is 222 g/mol. The highest BCUT2D eigenvalue weighted by molar-refractivity contribution is 14.0. The van der Waals surface area contributed by atoms with Gasteiger partial charge in [-0.3, -0.25) is 0 Å². The first-order valence-corrected chi connectivity index (χ1v) is 2.22. The Hall–Kier alpha value is -0.0500. The molecule has 0 bridgehead atoms. The predicted octanol–water partition coefficient (Wildman–Crippen LogP) is 2.92. The topological polar surface area (TPSA) is 0 Å². The van der Waals surface area contributed by atoms with Crippen LogP contribution in [0.4, 0.5) is 0 Å². The summed E-state index contributed by atoms with van der Waals surface area (Å²) in [5.41, 5.74) is 1.06. The molecule has 0 saturated heterocycles. The van der Waals surface area contributed by atoms with E-state index in [-0.39, 0.29) is 24.0 Å². The van der Waals surface area contributed by atoms with Crippen LogP contribution in [0.15, 0.2) is 37.0 Å². The second kappa shape index (κ2) is 6.95. The first kappa shape index (κ1) is 10.8. The minimum Gasteiger partial charge on any atom is -0.107 e. The van der Waals surface area contributed by atoms with Crippen LogP contribution in [0.1, 0.15) is 6.92 Å². The van der Waals surface area contributed by atoms with Gasteiger partial charge in [0.1, 0.15) is 0 Å². The fourth-order valence-electron chi connectivity index (χ4n) is 0.232. The summed E-state index contributed by atoms with van der Waals surface area (Å²) >= 11 is 0. The third kappa shape index (κ3) is 9.34. The van der Waals surface area contributed by atoms with Gasteiger partial charge in [0.15, 0.2) is 0 Å². The van der Waals surface area contributed by atoms with E-state index >= 15 is 0 Å². The zero-order valence-corrected chi connectivity index (χ0v) is 7.38. The van der Waals surface area contributed by atoms with Gasteiger partial charge in [-0.15, -0.1) is 24.0 Å². The Morgan fingerprint density at radius 2 is 2.00 bits per heavy atom. The van der Waals surface area contributed by atoms with Crippen LogP contribution in [0.2, 0.25) is 0 Å². The molecule has 0 heterocycles. The van der Waals surface area contributed by atoms with Crippen molar-refractivity contribution >= 4 is 24.0 Å². The molecule has 0 aromatic rings. The van der Waals surface area contributed by atoms with E-state index in [2.05, 4.69) is 13.2 Å². The zero-order valence-electron chi connectivity index (χ0n) is 5.05. The molecule has 0 spiro atoms. The highest BCUT2D eigenvalue weighted by Gasteiger charge is 1.65. The summed E-state index contributed by atoms with van der Waals surface area (Å²) in [6, 6.07) is 0. The Bertz CT molecular complexity index is 101. The molecule has 0 atom stereocenters. The molecule has 0 unspecified atom stereocenters. The van der Waals surface area contributed by atoms with Crippen LogP contribution in [0.25, 0.3) is 0 Å². The largest absolute Gasteiger partial charge is 0.107 e. The Balaban J connectivity index is 0. The van der Waals surface area contributed by atoms with Crippen molar-refractivity contribution in [2.45, 2.75) is 6.92 Å². The van der Waals surface area contributed by atoms with Crippen molar-refractivity contribution in [3.05, 3.63) is 37.0 Å². The maximum absolute atomic E-state index is 3.66. The number of rotatable bonds is 2. The predicted molar refractivity (Wildman–Crippen MR) is 49.6 cm³/mol. The quantitative estimate of drug-likeness (QED) is 0.497. The molecule has 0 aliphatic rings. The van der Waals surface area contributed by atoms with E-state index in [9.17, 15) is 0 Å². The van der Waals surface area contributed by atoms with Crippen molar-refractivity contribution in [1.82, 2.24) is 0 Å². The third-order valence-electron chi connectivity index (χ3n) is 0.517. The van der Waals surface area contributed by atoms with Crippen molar-refractivity contribution in [3.8, 4) is 0 Å². The second-order valence-electron chi connectivity index (χ2n) is 1.44. The molecule has 0 radical (unpaired) electrons. The molecule has 1 heteroatoms. The average Bonchev–Trinajstić information content (AvgIpc) is 1.61. The summed E-state index contributed by atoms with van der Waals surface area (Å²) in [6.45, 7) is 9.11. The molecule has 46 valence electrons. The minimum absolute atomic E-state index is 0. The van der Waals surface area contributed by atoms with Crippen LogP contribution in [0, 0.1) is 0 Å². The molecule has 0 rings (SSSR count). The van der Waals surface area contributed by atoms with Gasteiger partial charge in [0.05, 0.1) is 0 Å². The van der Waals surface area contributed by atoms with Gasteiger partial charge in [-0.2, -0.15) is 0 Å². The van der Waals surface area contributed by atoms with Gasteiger partial charge in [-0.25, -0.2) is 0 Å². The zero-order chi connectivity index (χ0) is 5.70. The summed E-state index contributed by atoms with van der Waals surface area (Å²) in [4.78, 5) is 0. The van der Waals surface area contributed by atoms with Gasteiger partial charge < -0.3 is 0 Å². The van der Waals surface area contributed by atoms with E-state index in [1.54, 1.807) is 6.08 Å². The van der Waals surface area contributed by atoms with Crippen LogP contribution in [0.5, 0.6) is 0 Å². The molecule has 0 saturated carbocycles. The first-order valence-electron chi connectivity index (χ1n) is 2.22. The van der Waals surface area contributed by atoms with Gasteiger partial charge in [-0.05, 0) is 6.92 Å². The van der Waals surface area contributed by atoms with Crippen molar-refractivity contribution in [3.63, 3.8) is 0 Å². The highest BCUT2D eigenvalue weighted by atomic mass is 127. The summed E-state index contributed by atoms with van der Waals surface area (Å²) in [5, 5.41) is 0. The van der Waals surface area contributed by atoms with Gasteiger partial charge in [-0.1, -0.05) is 37.0 Å². The lowest BCUT2D eigenvalue weighted by molar-refractivity contribution is 1.56. The molecule has 0 aliphatic heterocycles. The third-order valence-corrected chi connectivity index (χ3v) is 0.517. The van der Waals surface area contributed by atoms with E-state index in [0.29, 0.717) is 0 Å². The van der Waals surface area contributed by atoms with E-state index < -0.39 is 0 Å². The molecule has 0 nitrogen and oxygen atoms in total. The number of hydrogen-bond donors (Lipinski definition) is 0. The normalized spacial score (nSPS) is 8.12. The van der Waals surface area contributed by atoms with Crippen molar-refractivity contribution in [1.29, 1.82) is 0 Å². The first-order chi connectivity index (χ1) is 3.27. The smallest absolute Gasteiger partial charge is 0.0404 e. The fourth-order valence-corrected chi connectivity index (χ4v) is 0.232. The van der Waals surface area contributed by atoms with E-state index in [4.69, 9.17) is 0 Å². The minimum atomic E-state index is 0. The fraction of sp³-hybridized carbons (Fsp3) is 0.143. The van der Waals surface area contributed by atoms with Crippen molar-refractivity contribution in [2.75, 3.05) is 0 Å². The lowest BCUT2D eigenvalue weighted by Gasteiger charge is -1.77. The molecule has 8 heavy (non-hydrogen) atoms. The van der Waals surface area contributed by atoms with Gasteiger partial charge >= 0.3 is 0 Å². The van der Waals surface area contributed by atoms with Crippen LogP contribution < -0.4 is 0 Å². The number of allylic oxidation sites excluding steroid dienone is 4. The van der Waals surface area contributed by atoms with Gasteiger partial charge in [0, 0.05) is 0 Å². The maximum atomic E-state index is 3.66. The lowest BCUT2D eigenvalue weighted by Crippen LogP contribution is -1.55. The molecule has 0 N–H and O–H groups in total. The molecule has 0 aliphatic carbocycles. The number of halogens is 1. The van der Waals surface area contributed by atoms with Crippen molar-refractivity contribution < 1.29 is 0 Å². The van der Waals surface area contributed by atoms with E-state index in [0.717, 1.165) is 5.57 Å². The SMILES string of the molecule is C=C/C=C\C(=C)C.I. The molecule has 0 fully saturated rings. The maximum Gasteiger partial charge on any atom is -0.0404 e. The van der Waals surface area contributed by atoms with Crippen LogP contribution in [0.3, 0.4) is 0 Å². The van der Waals surface area contributed by atoms with Crippen LogP contribution >= 0.6 is 24.0 Å². The Morgan fingerprint density at radius 1 is 1.50 bits per heavy atom. The molecular weight excluding hydrogens is 211 g/mol. The second-order valence-corrected chi connectivity index (χ2v) is 1.44. The van der Waals surface area contributed by atoms with E-state index in [1.165, 1.54) is 0 Å². The Kier molecular flexibility index (Phi) is 9.42. The molecule has 0 aromatic carbocycles. The Morgan fingerprint density at radius 3 is 2.12 bits per heavy atom. The Labute approximate surface area is 68.0 Å². The lowest BCUT2D eigenvalue weighted by atomic mass is 10.3. The van der Waals surface area contributed by atoms with Crippen molar-refractivity contribution in [2.24, 2.45) is 0 Å². The summed E-state index contributed by atoms with van der Waals surface area (Å²) in [6.07, 6.45) is 5.50. The average molecular weight is 222 g/mol.